The molecule has 7 nitrogen and oxygen atoms in total. The second-order valence-corrected chi connectivity index (χ2v) is 7.55. The quantitative estimate of drug-likeness (QED) is 0.675. The minimum atomic E-state index is -0.240. The van der Waals surface area contributed by atoms with E-state index in [1.807, 2.05) is 55.5 Å². The zero-order valence-corrected chi connectivity index (χ0v) is 17.5. The van der Waals surface area contributed by atoms with Crippen LogP contribution < -0.4 is 15.0 Å². The average Bonchev–Trinajstić information content (AvgIpc) is 2.98. The Kier molecular flexibility index (Phi) is 5.97. The molecule has 0 saturated heterocycles. The van der Waals surface area contributed by atoms with Gasteiger partial charge in [-0.2, -0.15) is 0 Å². The molecule has 1 N–H and O–H groups in total. The van der Waals surface area contributed by atoms with Gasteiger partial charge in [0.05, 0.1) is 19.3 Å². The molecule has 2 amide bonds. The molecule has 0 radical (unpaired) electrons. The number of nitrogens with one attached hydrogen (secondary N) is 1. The average molecular weight is 406 g/mol. The number of carbonyl (C=O) groups is 1. The Hall–Kier alpha value is -3.35. The third-order valence-corrected chi connectivity index (χ3v) is 5.38. The highest BCUT2D eigenvalue weighted by molar-refractivity contribution is 6.02. The van der Waals surface area contributed by atoms with Gasteiger partial charge in [0, 0.05) is 18.7 Å². The van der Waals surface area contributed by atoms with Crippen molar-refractivity contribution in [3.8, 4) is 5.75 Å². The number of urea groups is 1. The number of anilines is 2. The predicted octanol–water partition coefficient (Wildman–Crippen LogP) is 4.56. The van der Waals surface area contributed by atoms with Crippen LogP contribution in [0.4, 0.5) is 16.2 Å². The molecule has 7 heteroatoms. The fourth-order valence-electron chi connectivity index (χ4n) is 3.79. The lowest BCUT2D eigenvalue weighted by Gasteiger charge is -2.25. The van der Waals surface area contributed by atoms with Crippen LogP contribution in [-0.2, 0) is 19.5 Å². The second kappa shape index (κ2) is 8.98. The Morgan fingerprint density at radius 2 is 1.97 bits per heavy atom. The molecule has 1 aliphatic rings. The molecule has 3 aromatic rings. The molecule has 156 valence electrons. The van der Waals surface area contributed by atoms with Crippen LogP contribution >= 0.6 is 0 Å². The summed E-state index contributed by atoms with van der Waals surface area (Å²) in [5.41, 5.74) is 2.49. The maximum absolute atomic E-state index is 13.4. The Labute approximate surface area is 176 Å². The molecule has 0 bridgehead atoms. The zero-order chi connectivity index (χ0) is 20.9. The van der Waals surface area contributed by atoms with Crippen molar-refractivity contribution in [2.24, 2.45) is 0 Å². The van der Waals surface area contributed by atoms with Gasteiger partial charge >= 0.3 is 6.03 Å². The molecule has 4 rings (SSSR count). The summed E-state index contributed by atoms with van der Waals surface area (Å²) in [6.45, 7) is 3.20. The highest BCUT2D eigenvalue weighted by Crippen LogP contribution is 2.31. The van der Waals surface area contributed by atoms with E-state index in [9.17, 15) is 4.79 Å². The van der Waals surface area contributed by atoms with Crippen molar-refractivity contribution in [1.29, 1.82) is 0 Å². The molecule has 1 aliphatic heterocycles. The number of aromatic nitrogens is 3. The fraction of sp³-hybridized carbons (Fsp3) is 0.348. The van der Waals surface area contributed by atoms with Crippen molar-refractivity contribution in [1.82, 2.24) is 14.8 Å². The monoisotopic (exact) mass is 405 g/mol. The van der Waals surface area contributed by atoms with Crippen LogP contribution in [0.1, 0.15) is 36.5 Å². The van der Waals surface area contributed by atoms with Gasteiger partial charge in [-0.3, -0.25) is 4.90 Å². The molecule has 0 aliphatic carbocycles. The van der Waals surface area contributed by atoms with E-state index in [1.165, 1.54) is 6.42 Å². The van der Waals surface area contributed by atoms with Crippen LogP contribution in [0.3, 0.4) is 0 Å². The van der Waals surface area contributed by atoms with E-state index in [2.05, 4.69) is 20.1 Å². The molecule has 0 fully saturated rings. The lowest BCUT2D eigenvalue weighted by atomic mass is 10.2. The van der Waals surface area contributed by atoms with Gasteiger partial charge in [-0.1, -0.05) is 30.7 Å². The van der Waals surface area contributed by atoms with Crippen molar-refractivity contribution >= 4 is 17.4 Å². The number of rotatable bonds is 5. The van der Waals surface area contributed by atoms with Crippen LogP contribution in [0.5, 0.6) is 5.75 Å². The number of hydrogen-bond donors (Lipinski definition) is 1. The standard InChI is InChI=1S/C23H27N5O2/c1-17-12-13-20(30-2)19(15-17)28(23(29)24-18-9-5-3-6-10-18)16-22-26-25-21-11-7-4-8-14-27(21)22/h3,5-6,9-10,12-13,15H,4,7-8,11,14,16H2,1-2H3,(H,24,29). The third kappa shape index (κ3) is 4.30. The number of hydrogen-bond acceptors (Lipinski definition) is 4. The zero-order valence-electron chi connectivity index (χ0n) is 17.5. The second-order valence-electron chi connectivity index (χ2n) is 7.55. The van der Waals surface area contributed by atoms with E-state index in [0.29, 0.717) is 18.0 Å². The van der Waals surface area contributed by atoms with Crippen LogP contribution in [-0.4, -0.2) is 27.9 Å². The number of nitrogens with zero attached hydrogens (tertiary/aromatic N) is 4. The summed E-state index contributed by atoms with van der Waals surface area (Å²) in [7, 11) is 1.62. The van der Waals surface area contributed by atoms with E-state index in [1.54, 1.807) is 12.0 Å². The van der Waals surface area contributed by atoms with E-state index in [-0.39, 0.29) is 6.03 Å². The molecule has 0 atom stereocenters. The van der Waals surface area contributed by atoms with Crippen LogP contribution in [0.2, 0.25) is 0 Å². The van der Waals surface area contributed by atoms with Gasteiger partial charge in [-0.25, -0.2) is 4.79 Å². The van der Waals surface area contributed by atoms with Crippen molar-refractivity contribution < 1.29 is 9.53 Å². The number of amides is 2. The first-order valence-electron chi connectivity index (χ1n) is 10.3. The number of ether oxygens (including phenoxy) is 1. The molecular formula is C23H27N5O2. The molecule has 0 unspecified atom stereocenters. The number of carbonyl (C=O) groups excluding carboxylic acids is 1. The lowest BCUT2D eigenvalue weighted by Crippen LogP contribution is -2.36. The normalized spacial score (nSPS) is 13.3. The van der Waals surface area contributed by atoms with Crippen molar-refractivity contribution in [2.45, 2.75) is 45.7 Å². The first-order chi connectivity index (χ1) is 14.7. The number of aryl methyl sites for hydroxylation is 2. The van der Waals surface area contributed by atoms with Gasteiger partial charge in [0.15, 0.2) is 5.82 Å². The highest BCUT2D eigenvalue weighted by Gasteiger charge is 2.24. The highest BCUT2D eigenvalue weighted by atomic mass is 16.5. The predicted molar refractivity (Wildman–Crippen MR) is 117 cm³/mol. The molecule has 2 aromatic carbocycles. The summed E-state index contributed by atoms with van der Waals surface area (Å²) in [6.07, 6.45) is 4.34. The third-order valence-electron chi connectivity index (χ3n) is 5.38. The van der Waals surface area contributed by atoms with Crippen LogP contribution in [0.15, 0.2) is 48.5 Å². The van der Waals surface area contributed by atoms with Crippen LogP contribution in [0.25, 0.3) is 0 Å². The molecule has 2 heterocycles. The van der Waals surface area contributed by atoms with Gasteiger partial charge in [0.25, 0.3) is 0 Å². The number of fused-ring (bicyclic) bond motifs is 1. The summed E-state index contributed by atoms with van der Waals surface area (Å²) in [5, 5.41) is 11.8. The summed E-state index contributed by atoms with van der Waals surface area (Å²) >= 11 is 0. The maximum atomic E-state index is 13.4. The van der Waals surface area contributed by atoms with Gasteiger partial charge < -0.3 is 14.6 Å². The Morgan fingerprint density at radius 1 is 1.13 bits per heavy atom. The van der Waals surface area contributed by atoms with E-state index in [0.717, 1.165) is 48.7 Å². The molecule has 0 spiro atoms. The first-order valence-corrected chi connectivity index (χ1v) is 10.3. The van der Waals surface area contributed by atoms with Gasteiger partial charge in [0.1, 0.15) is 11.6 Å². The molecule has 30 heavy (non-hydrogen) atoms. The fourth-order valence-corrected chi connectivity index (χ4v) is 3.79. The number of benzene rings is 2. The van der Waals surface area contributed by atoms with E-state index in [4.69, 9.17) is 4.74 Å². The van der Waals surface area contributed by atoms with Crippen molar-refractivity contribution in [3.05, 3.63) is 65.7 Å². The minimum absolute atomic E-state index is 0.240. The molecular weight excluding hydrogens is 378 g/mol. The largest absolute Gasteiger partial charge is 0.495 e. The number of methoxy groups -OCH3 is 1. The summed E-state index contributed by atoms with van der Waals surface area (Å²) in [4.78, 5) is 15.0. The Balaban J connectivity index is 1.70. The molecule has 1 aromatic heterocycles. The van der Waals surface area contributed by atoms with Gasteiger partial charge in [-0.15, -0.1) is 10.2 Å². The molecule has 0 saturated carbocycles. The number of para-hydroxylation sites is 1. The minimum Gasteiger partial charge on any atom is -0.495 e. The summed E-state index contributed by atoms with van der Waals surface area (Å²) in [6, 6.07) is 15.0. The topological polar surface area (TPSA) is 72.3 Å². The first kappa shape index (κ1) is 19.9. The summed E-state index contributed by atoms with van der Waals surface area (Å²) < 4.78 is 7.73. The van der Waals surface area contributed by atoms with Gasteiger partial charge in [0.2, 0.25) is 0 Å². The summed E-state index contributed by atoms with van der Waals surface area (Å²) in [5.74, 6) is 2.43. The van der Waals surface area contributed by atoms with Crippen molar-refractivity contribution in [3.63, 3.8) is 0 Å². The smallest absolute Gasteiger partial charge is 0.326 e. The maximum Gasteiger partial charge on any atom is 0.326 e. The Morgan fingerprint density at radius 3 is 2.77 bits per heavy atom. The van der Waals surface area contributed by atoms with Crippen LogP contribution in [0, 0.1) is 6.92 Å². The SMILES string of the molecule is COc1ccc(C)cc1N(Cc1nnc2n1CCCCC2)C(=O)Nc1ccccc1. The van der Waals surface area contributed by atoms with Gasteiger partial charge in [-0.05, 0) is 49.6 Å². The lowest BCUT2D eigenvalue weighted by molar-refractivity contribution is 0.256. The van der Waals surface area contributed by atoms with E-state index < -0.39 is 0 Å². The van der Waals surface area contributed by atoms with E-state index >= 15 is 0 Å². The Bertz CT molecular complexity index is 1020. The van der Waals surface area contributed by atoms with Crippen molar-refractivity contribution in [2.75, 3.05) is 17.3 Å².